The van der Waals surface area contributed by atoms with Gasteiger partial charge in [-0.15, -0.1) is 0 Å². The summed E-state index contributed by atoms with van der Waals surface area (Å²) in [5, 5.41) is 6.07. The van der Waals surface area contributed by atoms with Crippen molar-refractivity contribution in [1.82, 2.24) is 10.6 Å². The van der Waals surface area contributed by atoms with Gasteiger partial charge in [0.1, 0.15) is 0 Å². The summed E-state index contributed by atoms with van der Waals surface area (Å²) < 4.78 is 5.31. The highest BCUT2D eigenvalue weighted by molar-refractivity contribution is 5.78. The van der Waals surface area contributed by atoms with Crippen molar-refractivity contribution in [3.05, 3.63) is 11.6 Å². The Bertz CT molecular complexity index is 259. The number of carbonyl (C=O) groups excluding carboxylic acids is 1. The highest BCUT2D eigenvalue weighted by Gasteiger charge is 2.22. The average molecular weight is 210 g/mol. The van der Waals surface area contributed by atoms with Gasteiger partial charge in [0.15, 0.2) is 0 Å². The number of hydrogen-bond acceptors (Lipinski definition) is 3. The summed E-state index contributed by atoms with van der Waals surface area (Å²) in [6.07, 6.45) is 5.47. The van der Waals surface area contributed by atoms with Crippen LogP contribution in [-0.2, 0) is 9.53 Å². The molecule has 1 fully saturated rings. The molecule has 0 atom stereocenters. The molecule has 1 saturated carbocycles. The standard InChI is InChI=1S/C11H18N2O2/c14-11(13-10-3-4-10)7-12-6-9-2-1-5-15-8-9/h2,10,12H,1,3-8H2,(H,13,14). The summed E-state index contributed by atoms with van der Waals surface area (Å²) >= 11 is 0. The van der Waals surface area contributed by atoms with Crippen molar-refractivity contribution >= 4 is 5.91 Å². The van der Waals surface area contributed by atoms with Gasteiger partial charge >= 0.3 is 0 Å². The van der Waals surface area contributed by atoms with Crippen molar-refractivity contribution in [2.45, 2.75) is 25.3 Å². The number of amides is 1. The van der Waals surface area contributed by atoms with Crippen LogP contribution in [0.5, 0.6) is 0 Å². The van der Waals surface area contributed by atoms with Crippen molar-refractivity contribution in [2.24, 2.45) is 0 Å². The molecule has 4 nitrogen and oxygen atoms in total. The predicted octanol–water partition coefficient (Wildman–Crippen LogP) is 0.201. The lowest BCUT2D eigenvalue weighted by Crippen LogP contribution is -2.36. The highest BCUT2D eigenvalue weighted by atomic mass is 16.5. The van der Waals surface area contributed by atoms with Gasteiger partial charge in [0.25, 0.3) is 0 Å². The summed E-state index contributed by atoms with van der Waals surface area (Å²) in [5.41, 5.74) is 1.25. The minimum absolute atomic E-state index is 0.106. The van der Waals surface area contributed by atoms with Gasteiger partial charge in [-0.1, -0.05) is 6.08 Å². The quantitative estimate of drug-likeness (QED) is 0.637. The number of nitrogens with one attached hydrogen (secondary N) is 2. The van der Waals surface area contributed by atoms with E-state index in [1.807, 2.05) is 0 Å². The van der Waals surface area contributed by atoms with Crippen molar-refractivity contribution in [3.63, 3.8) is 0 Å². The second kappa shape index (κ2) is 5.28. The lowest BCUT2D eigenvalue weighted by molar-refractivity contribution is -0.120. The van der Waals surface area contributed by atoms with Crippen LogP contribution in [-0.4, -0.2) is 38.3 Å². The summed E-state index contributed by atoms with van der Waals surface area (Å²) in [7, 11) is 0. The first-order valence-electron chi connectivity index (χ1n) is 5.60. The molecule has 0 aromatic carbocycles. The van der Waals surface area contributed by atoms with Gasteiger partial charge in [0.05, 0.1) is 19.8 Å². The first kappa shape index (κ1) is 10.6. The van der Waals surface area contributed by atoms with Gasteiger partial charge < -0.3 is 15.4 Å². The number of rotatable bonds is 5. The lowest BCUT2D eigenvalue weighted by Gasteiger charge is -2.14. The fourth-order valence-electron chi connectivity index (χ4n) is 1.57. The van der Waals surface area contributed by atoms with E-state index >= 15 is 0 Å². The molecular formula is C11H18N2O2. The molecule has 0 radical (unpaired) electrons. The monoisotopic (exact) mass is 210 g/mol. The highest BCUT2D eigenvalue weighted by Crippen LogP contribution is 2.18. The minimum Gasteiger partial charge on any atom is -0.377 e. The molecule has 0 saturated heterocycles. The van der Waals surface area contributed by atoms with Crippen LogP contribution in [0.3, 0.4) is 0 Å². The third-order valence-electron chi connectivity index (χ3n) is 2.56. The van der Waals surface area contributed by atoms with Gasteiger partial charge in [0, 0.05) is 12.6 Å². The van der Waals surface area contributed by atoms with Crippen LogP contribution >= 0.6 is 0 Å². The topological polar surface area (TPSA) is 50.4 Å². The Morgan fingerprint density at radius 1 is 1.53 bits per heavy atom. The summed E-state index contributed by atoms with van der Waals surface area (Å²) in [5.74, 6) is 0.106. The van der Waals surface area contributed by atoms with Crippen molar-refractivity contribution in [1.29, 1.82) is 0 Å². The summed E-state index contributed by atoms with van der Waals surface area (Å²) in [6, 6.07) is 0.455. The molecule has 84 valence electrons. The van der Waals surface area contributed by atoms with E-state index in [-0.39, 0.29) is 5.91 Å². The molecule has 4 heteroatoms. The van der Waals surface area contributed by atoms with Gasteiger partial charge in [0.2, 0.25) is 5.91 Å². The third kappa shape index (κ3) is 4.01. The fourth-order valence-corrected chi connectivity index (χ4v) is 1.57. The zero-order valence-electron chi connectivity index (χ0n) is 8.92. The molecule has 0 unspecified atom stereocenters. The molecule has 1 aliphatic heterocycles. The first-order valence-corrected chi connectivity index (χ1v) is 5.60. The van der Waals surface area contributed by atoms with Crippen molar-refractivity contribution in [2.75, 3.05) is 26.3 Å². The molecule has 0 aromatic heterocycles. The molecule has 2 aliphatic rings. The van der Waals surface area contributed by atoms with E-state index < -0.39 is 0 Å². The van der Waals surface area contributed by atoms with Crippen LogP contribution in [0.1, 0.15) is 19.3 Å². The Labute approximate surface area is 90.1 Å². The molecule has 1 amide bonds. The molecule has 2 N–H and O–H groups in total. The average Bonchev–Trinajstić information content (AvgIpc) is 3.03. The molecule has 0 bridgehead atoms. The lowest BCUT2D eigenvalue weighted by atomic mass is 10.2. The minimum atomic E-state index is 0.106. The second-order valence-corrected chi connectivity index (χ2v) is 4.15. The van der Waals surface area contributed by atoms with E-state index in [1.165, 1.54) is 5.57 Å². The van der Waals surface area contributed by atoms with Crippen LogP contribution in [0, 0.1) is 0 Å². The van der Waals surface area contributed by atoms with E-state index in [0.717, 1.165) is 32.4 Å². The van der Waals surface area contributed by atoms with Gasteiger partial charge in [-0.25, -0.2) is 0 Å². The molecule has 2 rings (SSSR count). The van der Waals surface area contributed by atoms with E-state index in [1.54, 1.807) is 0 Å². The molecule has 0 spiro atoms. The largest absolute Gasteiger partial charge is 0.377 e. The molecular weight excluding hydrogens is 192 g/mol. The maximum atomic E-state index is 11.3. The van der Waals surface area contributed by atoms with Crippen LogP contribution in [0.15, 0.2) is 11.6 Å². The number of ether oxygens (including phenoxy) is 1. The van der Waals surface area contributed by atoms with Crippen LogP contribution in [0.2, 0.25) is 0 Å². The predicted molar refractivity (Wildman–Crippen MR) is 57.6 cm³/mol. The number of carbonyl (C=O) groups is 1. The van der Waals surface area contributed by atoms with Crippen LogP contribution in [0.25, 0.3) is 0 Å². The first-order chi connectivity index (χ1) is 7.34. The molecule has 1 heterocycles. The van der Waals surface area contributed by atoms with Crippen molar-refractivity contribution < 1.29 is 9.53 Å². The molecule has 15 heavy (non-hydrogen) atoms. The van der Waals surface area contributed by atoms with E-state index in [0.29, 0.717) is 19.2 Å². The van der Waals surface area contributed by atoms with E-state index in [9.17, 15) is 4.79 Å². The Hall–Kier alpha value is -0.870. The maximum Gasteiger partial charge on any atom is 0.234 e. The van der Waals surface area contributed by atoms with Gasteiger partial charge in [-0.3, -0.25) is 4.79 Å². The van der Waals surface area contributed by atoms with Crippen molar-refractivity contribution in [3.8, 4) is 0 Å². The summed E-state index contributed by atoms with van der Waals surface area (Å²) in [4.78, 5) is 11.3. The Morgan fingerprint density at radius 2 is 2.40 bits per heavy atom. The molecule has 0 aromatic rings. The fraction of sp³-hybridized carbons (Fsp3) is 0.727. The zero-order chi connectivity index (χ0) is 10.5. The number of hydrogen-bond donors (Lipinski definition) is 2. The van der Waals surface area contributed by atoms with E-state index in [2.05, 4.69) is 16.7 Å². The Balaban J connectivity index is 1.56. The second-order valence-electron chi connectivity index (χ2n) is 4.15. The normalized spacial score (nSPS) is 20.9. The third-order valence-corrected chi connectivity index (χ3v) is 2.56. The summed E-state index contributed by atoms with van der Waals surface area (Å²) in [6.45, 7) is 2.70. The Kier molecular flexibility index (Phi) is 3.75. The Morgan fingerprint density at radius 3 is 3.07 bits per heavy atom. The van der Waals surface area contributed by atoms with Gasteiger partial charge in [-0.2, -0.15) is 0 Å². The zero-order valence-corrected chi connectivity index (χ0v) is 8.92. The smallest absolute Gasteiger partial charge is 0.234 e. The SMILES string of the molecule is O=C(CNCC1=CCCOC1)NC1CC1. The van der Waals surface area contributed by atoms with Crippen LogP contribution < -0.4 is 10.6 Å². The van der Waals surface area contributed by atoms with Crippen LogP contribution in [0.4, 0.5) is 0 Å². The van der Waals surface area contributed by atoms with Gasteiger partial charge in [-0.05, 0) is 24.8 Å². The maximum absolute atomic E-state index is 11.3. The molecule has 1 aliphatic carbocycles. The van der Waals surface area contributed by atoms with E-state index in [4.69, 9.17) is 4.74 Å².